The molecule has 0 aliphatic carbocycles. The highest BCUT2D eigenvalue weighted by Crippen LogP contribution is 2.29. The van der Waals surface area contributed by atoms with Crippen LogP contribution < -0.4 is 0 Å². The largest absolute Gasteiger partial charge is 0.471 e. The molecule has 1 aromatic carbocycles. The molecule has 0 aliphatic rings. The van der Waals surface area contributed by atoms with E-state index in [-0.39, 0.29) is 24.0 Å². The minimum absolute atomic E-state index is 0.00353. The summed E-state index contributed by atoms with van der Waals surface area (Å²) in [6.45, 7) is 0. The van der Waals surface area contributed by atoms with Gasteiger partial charge in [0.15, 0.2) is 5.78 Å². The Morgan fingerprint density at radius 2 is 2.17 bits per heavy atom. The zero-order valence-electron chi connectivity index (χ0n) is 12.3. The fourth-order valence-electron chi connectivity index (χ4n) is 1.79. The van der Waals surface area contributed by atoms with Crippen LogP contribution in [0.3, 0.4) is 0 Å². The van der Waals surface area contributed by atoms with Gasteiger partial charge in [0, 0.05) is 18.2 Å². The third-order valence-electron chi connectivity index (χ3n) is 2.88. The van der Waals surface area contributed by atoms with E-state index in [2.05, 4.69) is 24.7 Å². The van der Waals surface area contributed by atoms with Crippen molar-refractivity contribution in [1.29, 1.82) is 0 Å². The highest BCUT2D eigenvalue weighted by Gasteiger charge is 2.38. The van der Waals surface area contributed by atoms with Crippen LogP contribution in [0.2, 0.25) is 0 Å². The zero-order valence-corrected chi connectivity index (χ0v) is 12.3. The monoisotopic (exact) mass is 345 g/mol. The number of aromatic nitrogens is 2. The van der Waals surface area contributed by atoms with E-state index in [1.807, 2.05) is 0 Å². The Labute approximate surface area is 133 Å². The summed E-state index contributed by atoms with van der Waals surface area (Å²) in [5, 5.41) is 6.60. The van der Waals surface area contributed by atoms with Crippen LogP contribution in [-0.4, -0.2) is 29.2 Å². The van der Waals surface area contributed by atoms with Crippen LogP contribution in [0.5, 0.6) is 0 Å². The number of alkyl halides is 3. The molecule has 0 fully saturated rings. The molecule has 2 aromatic rings. The number of carbonyl (C=O) groups is 1. The molecule has 6 nitrogen and oxygen atoms in total. The van der Waals surface area contributed by atoms with Gasteiger partial charge in [0.05, 0.1) is 5.56 Å². The molecule has 0 spiro atoms. The van der Waals surface area contributed by atoms with Crippen molar-refractivity contribution >= 4 is 12.0 Å². The van der Waals surface area contributed by atoms with E-state index in [0.717, 1.165) is 12.1 Å². The quantitative estimate of drug-likeness (QED) is 0.347. The van der Waals surface area contributed by atoms with Crippen LogP contribution in [0, 0.1) is 5.82 Å². The van der Waals surface area contributed by atoms with Crippen LogP contribution in [-0.2, 0) is 11.0 Å². The molecule has 0 saturated carbocycles. The highest BCUT2D eigenvalue weighted by atomic mass is 19.4. The Balaban J connectivity index is 2.16. The molecule has 1 aromatic heterocycles. The van der Waals surface area contributed by atoms with E-state index in [9.17, 15) is 22.4 Å². The number of ketones is 1. The molecule has 0 amide bonds. The van der Waals surface area contributed by atoms with Gasteiger partial charge in [-0.2, -0.15) is 18.2 Å². The summed E-state index contributed by atoms with van der Waals surface area (Å²) < 4.78 is 55.3. The van der Waals surface area contributed by atoms with Crippen molar-refractivity contribution in [2.75, 3.05) is 7.11 Å². The lowest BCUT2D eigenvalue weighted by molar-refractivity contribution is -0.159. The third kappa shape index (κ3) is 4.15. The third-order valence-corrected chi connectivity index (χ3v) is 2.88. The number of benzene rings is 1. The van der Waals surface area contributed by atoms with Crippen molar-refractivity contribution in [2.45, 2.75) is 19.0 Å². The topological polar surface area (TPSA) is 77.6 Å². The molecule has 128 valence electrons. The minimum Gasteiger partial charge on any atom is -0.399 e. The molecule has 0 atom stereocenters. The first-order valence-corrected chi connectivity index (χ1v) is 6.62. The van der Waals surface area contributed by atoms with Gasteiger partial charge in [0.25, 0.3) is 0 Å². The second kappa shape index (κ2) is 7.20. The molecule has 1 heterocycles. The lowest BCUT2D eigenvalue weighted by Gasteiger charge is -2.03. The summed E-state index contributed by atoms with van der Waals surface area (Å²) >= 11 is 0. The van der Waals surface area contributed by atoms with E-state index in [1.165, 1.54) is 19.4 Å². The number of hydrogen-bond acceptors (Lipinski definition) is 6. The van der Waals surface area contributed by atoms with Gasteiger partial charge >= 0.3 is 12.1 Å². The van der Waals surface area contributed by atoms with Gasteiger partial charge in [0.2, 0.25) is 5.82 Å². The van der Waals surface area contributed by atoms with E-state index in [1.54, 1.807) is 0 Å². The highest BCUT2D eigenvalue weighted by molar-refractivity contribution is 5.97. The standard InChI is InChI=1S/C14H11F4N3O3/c1-23-19-6-2-3-11(22)9-5-4-8(7-10(9)15)12-20-13(24-21-12)14(16,17)18/h4-7H,2-3H2,1H3/b19-6+. The zero-order chi connectivity index (χ0) is 17.7. The van der Waals surface area contributed by atoms with Gasteiger partial charge in [-0.3, -0.25) is 4.79 Å². The molecular weight excluding hydrogens is 334 g/mol. The molecule has 2 rings (SSSR count). The molecular formula is C14H11F4N3O3. The predicted octanol–water partition coefficient (Wildman–Crippen LogP) is 3.49. The average molecular weight is 345 g/mol. The number of carbonyl (C=O) groups excluding carboxylic acids is 1. The number of hydrogen-bond donors (Lipinski definition) is 0. The van der Waals surface area contributed by atoms with Gasteiger partial charge in [-0.05, 0) is 18.6 Å². The Morgan fingerprint density at radius 3 is 2.75 bits per heavy atom. The van der Waals surface area contributed by atoms with E-state index >= 15 is 0 Å². The smallest absolute Gasteiger partial charge is 0.399 e. The van der Waals surface area contributed by atoms with E-state index in [4.69, 9.17) is 0 Å². The van der Waals surface area contributed by atoms with Crippen molar-refractivity contribution in [3.05, 3.63) is 35.5 Å². The normalized spacial score (nSPS) is 11.9. The molecule has 10 heteroatoms. The van der Waals surface area contributed by atoms with Crippen LogP contribution in [0.1, 0.15) is 29.1 Å². The summed E-state index contributed by atoms with van der Waals surface area (Å²) in [5.41, 5.74) is -0.228. The van der Waals surface area contributed by atoms with Crippen molar-refractivity contribution in [3.8, 4) is 11.4 Å². The summed E-state index contributed by atoms with van der Waals surface area (Å²) in [4.78, 5) is 19.4. The van der Waals surface area contributed by atoms with Crippen LogP contribution in [0.25, 0.3) is 11.4 Å². The summed E-state index contributed by atoms with van der Waals surface area (Å²) in [6.07, 6.45) is -3.16. The maximum Gasteiger partial charge on any atom is 0.471 e. The molecule has 0 bridgehead atoms. The SMILES string of the molecule is CO/N=C/CCC(=O)c1ccc(-c2noc(C(F)(F)F)n2)cc1F. The lowest BCUT2D eigenvalue weighted by atomic mass is 10.0. The van der Waals surface area contributed by atoms with Crippen LogP contribution in [0.15, 0.2) is 27.9 Å². The summed E-state index contributed by atoms with van der Waals surface area (Å²) in [7, 11) is 1.35. The molecule has 0 unspecified atom stereocenters. The molecule has 0 saturated heterocycles. The number of halogens is 4. The van der Waals surface area contributed by atoms with Gasteiger partial charge < -0.3 is 9.36 Å². The van der Waals surface area contributed by atoms with Gasteiger partial charge in [-0.1, -0.05) is 16.4 Å². The second-order valence-corrected chi connectivity index (χ2v) is 4.55. The fraction of sp³-hybridized carbons (Fsp3) is 0.286. The minimum atomic E-state index is -4.79. The van der Waals surface area contributed by atoms with Crippen molar-refractivity contribution in [1.82, 2.24) is 10.1 Å². The predicted molar refractivity (Wildman–Crippen MR) is 73.8 cm³/mol. The average Bonchev–Trinajstić information content (AvgIpc) is 3.01. The Kier molecular flexibility index (Phi) is 5.27. The molecule has 0 aliphatic heterocycles. The Hall–Kier alpha value is -2.78. The fourth-order valence-corrected chi connectivity index (χ4v) is 1.79. The Morgan fingerprint density at radius 1 is 1.42 bits per heavy atom. The van der Waals surface area contributed by atoms with Crippen molar-refractivity contribution in [2.24, 2.45) is 5.16 Å². The van der Waals surface area contributed by atoms with Crippen molar-refractivity contribution in [3.63, 3.8) is 0 Å². The maximum absolute atomic E-state index is 14.0. The van der Waals surface area contributed by atoms with Crippen LogP contribution >= 0.6 is 0 Å². The first kappa shape index (κ1) is 17.6. The Bertz CT molecular complexity index is 756. The first-order chi connectivity index (χ1) is 11.3. The number of Topliss-reactive ketones (excluding diaryl/α,β-unsaturated/α-hetero) is 1. The number of oxime groups is 1. The van der Waals surface area contributed by atoms with Gasteiger partial charge in [-0.15, -0.1) is 0 Å². The van der Waals surface area contributed by atoms with Crippen molar-refractivity contribution < 1.29 is 31.7 Å². The summed E-state index contributed by atoms with van der Waals surface area (Å²) in [6, 6.07) is 3.27. The van der Waals surface area contributed by atoms with Crippen LogP contribution in [0.4, 0.5) is 17.6 Å². The van der Waals surface area contributed by atoms with E-state index in [0.29, 0.717) is 0 Å². The number of rotatable bonds is 6. The molecule has 0 radical (unpaired) electrons. The first-order valence-electron chi connectivity index (χ1n) is 6.62. The summed E-state index contributed by atoms with van der Waals surface area (Å²) in [5.74, 6) is -3.33. The number of nitrogens with zero attached hydrogens (tertiary/aromatic N) is 3. The molecule has 24 heavy (non-hydrogen) atoms. The van der Waals surface area contributed by atoms with E-state index < -0.39 is 29.5 Å². The second-order valence-electron chi connectivity index (χ2n) is 4.55. The van der Waals surface area contributed by atoms with Gasteiger partial charge in [-0.25, -0.2) is 4.39 Å². The molecule has 0 N–H and O–H groups in total. The van der Waals surface area contributed by atoms with Gasteiger partial charge in [0.1, 0.15) is 12.9 Å². The lowest BCUT2D eigenvalue weighted by Crippen LogP contribution is -2.05. The maximum atomic E-state index is 14.0.